The van der Waals surface area contributed by atoms with Crippen LogP contribution in [0.5, 0.6) is 0 Å². The Kier molecular flexibility index (Phi) is 4.35. The number of likely N-dealkylation sites (tertiary alicyclic amines) is 1. The molecule has 1 fully saturated rings. The molecule has 1 saturated heterocycles. The Morgan fingerprint density at radius 3 is 2.71 bits per heavy atom. The van der Waals surface area contributed by atoms with E-state index in [9.17, 15) is 4.79 Å². The average Bonchev–Trinajstić information content (AvgIpc) is 2.01. The fourth-order valence-corrected chi connectivity index (χ4v) is 1.52. The molecule has 0 aromatic rings. The van der Waals surface area contributed by atoms with E-state index in [1.54, 1.807) is 7.11 Å². The highest BCUT2D eigenvalue weighted by molar-refractivity contribution is 5.80. The van der Waals surface area contributed by atoms with E-state index in [2.05, 4.69) is 24.1 Å². The lowest BCUT2D eigenvalue weighted by Crippen LogP contribution is -2.56. The van der Waals surface area contributed by atoms with E-state index in [4.69, 9.17) is 4.74 Å². The van der Waals surface area contributed by atoms with Crippen molar-refractivity contribution in [3.63, 3.8) is 0 Å². The molecular weight excluding hydrogens is 180 g/mol. The van der Waals surface area contributed by atoms with Gasteiger partial charge in [0.05, 0.1) is 12.5 Å². The van der Waals surface area contributed by atoms with Gasteiger partial charge in [-0.25, -0.2) is 0 Å². The van der Waals surface area contributed by atoms with Gasteiger partial charge in [0.15, 0.2) is 0 Å². The molecule has 0 radical (unpaired) electrons. The van der Waals surface area contributed by atoms with Crippen molar-refractivity contribution in [2.75, 3.05) is 33.4 Å². The summed E-state index contributed by atoms with van der Waals surface area (Å²) in [7, 11) is 1.63. The van der Waals surface area contributed by atoms with Crippen LogP contribution in [0.25, 0.3) is 0 Å². The maximum atomic E-state index is 11.5. The SMILES string of the molecule is COCCNC(=O)C1CN(C(C)C)C1. The molecule has 1 amide bonds. The first-order chi connectivity index (χ1) is 6.65. The Hall–Kier alpha value is -0.610. The van der Waals surface area contributed by atoms with Crippen LogP contribution >= 0.6 is 0 Å². The van der Waals surface area contributed by atoms with Crippen LogP contribution in [0.15, 0.2) is 0 Å². The van der Waals surface area contributed by atoms with E-state index in [0.29, 0.717) is 19.2 Å². The van der Waals surface area contributed by atoms with E-state index in [1.165, 1.54) is 0 Å². The molecule has 0 aliphatic carbocycles. The fraction of sp³-hybridized carbons (Fsp3) is 0.900. The number of carbonyl (C=O) groups is 1. The zero-order valence-corrected chi connectivity index (χ0v) is 9.25. The van der Waals surface area contributed by atoms with Gasteiger partial charge in [-0.05, 0) is 13.8 Å². The molecule has 0 aromatic carbocycles. The molecule has 0 aromatic heterocycles. The van der Waals surface area contributed by atoms with E-state index >= 15 is 0 Å². The van der Waals surface area contributed by atoms with Gasteiger partial charge in [0.1, 0.15) is 0 Å². The summed E-state index contributed by atoms with van der Waals surface area (Å²) in [5.41, 5.74) is 0. The van der Waals surface area contributed by atoms with Crippen molar-refractivity contribution >= 4 is 5.91 Å². The van der Waals surface area contributed by atoms with Gasteiger partial charge in [0.25, 0.3) is 0 Å². The van der Waals surface area contributed by atoms with Crippen molar-refractivity contribution in [1.29, 1.82) is 0 Å². The summed E-state index contributed by atoms with van der Waals surface area (Å²) in [5.74, 6) is 0.355. The molecule has 4 nitrogen and oxygen atoms in total. The second-order valence-electron chi connectivity index (χ2n) is 4.03. The van der Waals surface area contributed by atoms with Gasteiger partial charge in [-0.1, -0.05) is 0 Å². The van der Waals surface area contributed by atoms with Crippen molar-refractivity contribution in [3.8, 4) is 0 Å². The van der Waals surface area contributed by atoms with E-state index in [-0.39, 0.29) is 11.8 Å². The van der Waals surface area contributed by atoms with Crippen LogP contribution in [0.1, 0.15) is 13.8 Å². The molecule has 4 heteroatoms. The Bertz CT molecular complexity index is 189. The first kappa shape index (κ1) is 11.5. The number of nitrogens with zero attached hydrogens (tertiary/aromatic N) is 1. The molecule has 1 aliphatic heterocycles. The van der Waals surface area contributed by atoms with Crippen molar-refractivity contribution in [3.05, 3.63) is 0 Å². The van der Waals surface area contributed by atoms with Crippen LogP contribution in [0.4, 0.5) is 0 Å². The second-order valence-corrected chi connectivity index (χ2v) is 4.03. The van der Waals surface area contributed by atoms with E-state index < -0.39 is 0 Å². The van der Waals surface area contributed by atoms with Crippen LogP contribution < -0.4 is 5.32 Å². The van der Waals surface area contributed by atoms with Gasteiger partial charge in [-0.15, -0.1) is 0 Å². The topological polar surface area (TPSA) is 41.6 Å². The van der Waals surface area contributed by atoms with Crippen molar-refractivity contribution in [2.24, 2.45) is 5.92 Å². The molecule has 14 heavy (non-hydrogen) atoms. The predicted molar refractivity (Wildman–Crippen MR) is 55.1 cm³/mol. The third kappa shape index (κ3) is 2.96. The molecule has 1 heterocycles. The third-order valence-corrected chi connectivity index (χ3v) is 2.62. The number of ether oxygens (including phenoxy) is 1. The number of hydrogen-bond acceptors (Lipinski definition) is 3. The number of rotatable bonds is 5. The second kappa shape index (κ2) is 5.32. The molecule has 82 valence electrons. The van der Waals surface area contributed by atoms with Gasteiger partial charge in [0.2, 0.25) is 5.91 Å². The minimum absolute atomic E-state index is 0.166. The lowest BCUT2D eigenvalue weighted by Gasteiger charge is -2.41. The largest absolute Gasteiger partial charge is 0.383 e. The number of methoxy groups -OCH3 is 1. The van der Waals surface area contributed by atoms with Crippen molar-refractivity contribution in [2.45, 2.75) is 19.9 Å². The summed E-state index contributed by atoms with van der Waals surface area (Å²) in [6, 6.07) is 0.554. The van der Waals surface area contributed by atoms with Crippen LogP contribution in [0, 0.1) is 5.92 Å². The smallest absolute Gasteiger partial charge is 0.225 e. The fourth-order valence-electron chi connectivity index (χ4n) is 1.52. The summed E-state index contributed by atoms with van der Waals surface area (Å²) in [5, 5.41) is 2.85. The summed E-state index contributed by atoms with van der Waals surface area (Å²) in [6.07, 6.45) is 0. The summed E-state index contributed by atoms with van der Waals surface area (Å²) < 4.78 is 4.86. The molecule has 1 N–H and O–H groups in total. The first-order valence-corrected chi connectivity index (χ1v) is 5.16. The van der Waals surface area contributed by atoms with Gasteiger partial charge in [0, 0.05) is 32.8 Å². The minimum Gasteiger partial charge on any atom is -0.383 e. The number of amides is 1. The molecule has 0 atom stereocenters. The minimum atomic E-state index is 0.166. The standard InChI is InChI=1S/C10H20N2O2/c1-8(2)12-6-9(7-12)10(13)11-4-5-14-3/h8-9H,4-7H2,1-3H3,(H,11,13). The third-order valence-electron chi connectivity index (χ3n) is 2.62. The maximum absolute atomic E-state index is 11.5. The van der Waals surface area contributed by atoms with Crippen LogP contribution in [0.3, 0.4) is 0 Å². The van der Waals surface area contributed by atoms with Crippen molar-refractivity contribution < 1.29 is 9.53 Å². The highest BCUT2D eigenvalue weighted by Gasteiger charge is 2.33. The number of hydrogen-bond donors (Lipinski definition) is 1. The van der Waals surface area contributed by atoms with Gasteiger partial charge in [-0.3, -0.25) is 9.69 Å². The molecule has 0 saturated carbocycles. The predicted octanol–water partition coefficient (Wildman–Crippen LogP) is 0.0892. The molecule has 1 aliphatic rings. The first-order valence-electron chi connectivity index (χ1n) is 5.16. The van der Waals surface area contributed by atoms with Crippen LogP contribution in [0.2, 0.25) is 0 Å². The lowest BCUT2D eigenvalue weighted by atomic mass is 9.97. The molecule has 0 spiro atoms. The van der Waals surface area contributed by atoms with Gasteiger partial charge < -0.3 is 10.1 Å². The highest BCUT2D eigenvalue weighted by atomic mass is 16.5. The maximum Gasteiger partial charge on any atom is 0.225 e. The van der Waals surface area contributed by atoms with E-state index in [1.807, 2.05) is 0 Å². The van der Waals surface area contributed by atoms with Crippen LogP contribution in [-0.4, -0.2) is 50.2 Å². The van der Waals surface area contributed by atoms with Crippen molar-refractivity contribution in [1.82, 2.24) is 10.2 Å². The monoisotopic (exact) mass is 200 g/mol. The molecule has 0 bridgehead atoms. The summed E-state index contributed by atoms with van der Waals surface area (Å²) in [6.45, 7) is 7.31. The van der Waals surface area contributed by atoms with Gasteiger partial charge in [-0.2, -0.15) is 0 Å². The number of nitrogens with one attached hydrogen (secondary N) is 1. The Morgan fingerprint density at radius 2 is 2.21 bits per heavy atom. The Balaban J connectivity index is 2.10. The van der Waals surface area contributed by atoms with Crippen LogP contribution in [-0.2, 0) is 9.53 Å². The Morgan fingerprint density at radius 1 is 1.57 bits per heavy atom. The molecule has 0 unspecified atom stereocenters. The van der Waals surface area contributed by atoms with E-state index in [0.717, 1.165) is 13.1 Å². The zero-order valence-electron chi connectivity index (χ0n) is 9.25. The number of carbonyl (C=O) groups excluding carboxylic acids is 1. The Labute approximate surface area is 85.6 Å². The quantitative estimate of drug-likeness (QED) is 0.639. The lowest BCUT2D eigenvalue weighted by molar-refractivity contribution is -0.131. The highest BCUT2D eigenvalue weighted by Crippen LogP contribution is 2.17. The summed E-state index contributed by atoms with van der Waals surface area (Å²) >= 11 is 0. The summed E-state index contributed by atoms with van der Waals surface area (Å²) in [4.78, 5) is 13.8. The molecular formula is C10H20N2O2. The normalized spacial score (nSPS) is 18.3. The zero-order chi connectivity index (χ0) is 10.6. The average molecular weight is 200 g/mol. The van der Waals surface area contributed by atoms with Gasteiger partial charge >= 0.3 is 0 Å². The molecule has 1 rings (SSSR count).